The van der Waals surface area contributed by atoms with Crippen molar-refractivity contribution >= 4 is 27.4 Å². The number of aromatic nitrogens is 2. The number of aryl methyl sites for hydroxylation is 2. The zero-order chi connectivity index (χ0) is 13.6. The summed E-state index contributed by atoms with van der Waals surface area (Å²) in [6, 6.07) is 6.55. The number of hydrogen-bond acceptors (Lipinski definition) is 4. The number of nitrogens with zero attached hydrogens (tertiary/aromatic N) is 2. The van der Waals surface area contributed by atoms with Gasteiger partial charge in [-0.25, -0.2) is 14.4 Å². The Morgan fingerprint density at radius 1 is 1.16 bits per heavy atom. The minimum atomic E-state index is -0.262. The molecule has 0 amide bonds. The smallest absolute Gasteiger partial charge is 0.163 e. The van der Waals surface area contributed by atoms with Crippen LogP contribution in [0.25, 0.3) is 21.6 Å². The Morgan fingerprint density at radius 3 is 2.68 bits per heavy atom. The van der Waals surface area contributed by atoms with E-state index in [4.69, 9.17) is 5.73 Å². The van der Waals surface area contributed by atoms with E-state index < -0.39 is 0 Å². The van der Waals surface area contributed by atoms with Crippen LogP contribution in [0.5, 0.6) is 0 Å². The maximum atomic E-state index is 13.1. The summed E-state index contributed by atoms with van der Waals surface area (Å²) < 4.78 is 13.1. The SMILES string of the molecule is Cc1cc2c(N)nc(-c3ccc(F)cc3C)nc2s1. The Kier molecular flexibility index (Phi) is 2.71. The molecule has 0 aliphatic heterocycles. The highest BCUT2D eigenvalue weighted by Gasteiger charge is 2.11. The second-order valence-electron chi connectivity index (χ2n) is 4.47. The Bertz CT molecular complexity index is 780. The highest BCUT2D eigenvalue weighted by molar-refractivity contribution is 7.18. The molecule has 3 nitrogen and oxygen atoms in total. The average molecular weight is 273 g/mol. The molecule has 2 N–H and O–H groups in total. The van der Waals surface area contributed by atoms with Gasteiger partial charge in [0.25, 0.3) is 0 Å². The molecule has 0 spiro atoms. The van der Waals surface area contributed by atoms with Crippen LogP contribution in [0, 0.1) is 19.7 Å². The first kappa shape index (κ1) is 12.0. The lowest BCUT2D eigenvalue weighted by Crippen LogP contribution is -1.97. The van der Waals surface area contributed by atoms with E-state index in [1.54, 1.807) is 17.4 Å². The van der Waals surface area contributed by atoms with Crippen molar-refractivity contribution < 1.29 is 4.39 Å². The van der Waals surface area contributed by atoms with Gasteiger partial charge in [0.05, 0.1) is 5.39 Å². The van der Waals surface area contributed by atoms with Crippen molar-refractivity contribution in [1.82, 2.24) is 9.97 Å². The standard InChI is InChI=1S/C14H12FN3S/c1-7-5-9(15)3-4-10(7)13-17-12(16)11-6-8(2)19-14(11)18-13/h3-6H,1-2H3,(H2,16,17,18). The normalized spacial score (nSPS) is 11.1. The number of benzene rings is 1. The van der Waals surface area contributed by atoms with Crippen LogP contribution in [0.1, 0.15) is 10.4 Å². The van der Waals surface area contributed by atoms with Crippen molar-refractivity contribution in [3.63, 3.8) is 0 Å². The number of halogens is 1. The third kappa shape index (κ3) is 2.06. The first-order chi connectivity index (χ1) is 9.04. The molecule has 0 radical (unpaired) electrons. The largest absolute Gasteiger partial charge is 0.383 e. The van der Waals surface area contributed by atoms with Crippen LogP contribution < -0.4 is 5.73 Å². The summed E-state index contributed by atoms with van der Waals surface area (Å²) in [5.74, 6) is 0.750. The summed E-state index contributed by atoms with van der Waals surface area (Å²) in [6.07, 6.45) is 0. The molecule has 3 rings (SSSR count). The lowest BCUT2D eigenvalue weighted by Gasteiger charge is -2.05. The highest BCUT2D eigenvalue weighted by atomic mass is 32.1. The summed E-state index contributed by atoms with van der Waals surface area (Å²) in [7, 11) is 0. The minimum absolute atomic E-state index is 0.262. The number of rotatable bonds is 1. The van der Waals surface area contributed by atoms with E-state index >= 15 is 0 Å². The molecule has 0 atom stereocenters. The van der Waals surface area contributed by atoms with E-state index in [9.17, 15) is 4.39 Å². The molecule has 1 aromatic carbocycles. The molecule has 2 aromatic heterocycles. The van der Waals surface area contributed by atoms with Crippen LogP contribution >= 0.6 is 11.3 Å². The second-order valence-corrected chi connectivity index (χ2v) is 5.70. The fourth-order valence-corrected chi connectivity index (χ4v) is 2.95. The first-order valence-electron chi connectivity index (χ1n) is 5.85. The number of nitrogens with two attached hydrogens (primary N) is 1. The third-order valence-corrected chi connectivity index (χ3v) is 3.92. The van der Waals surface area contributed by atoms with Crippen LogP contribution in [0.2, 0.25) is 0 Å². The van der Waals surface area contributed by atoms with Gasteiger partial charge in [-0.2, -0.15) is 0 Å². The van der Waals surface area contributed by atoms with E-state index in [1.807, 2.05) is 19.9 Å². The molecule has 0 bridgehead atoms. The van der Waals surface area contributed by atoms with Gasteiger partial charge in [0.15, 0.2) is 5.82 Å². The van der Waals surface area contributed by atoms with Gasteiger partial charge in [-0.05, 0) is 43.7 Å². The molecular weight excluding hydrogens is 261 g/mol. The maximum absolute atomic E-state index is 13.1. The quantitative estimate of drug-likeness (QED) is 0.735. The van der Waals surface area contributed by atoms with Gasteiger partial charge in [-0.3, -0.25) is 0 Å². The van der Waals surface area contributed by atoms with E-state index in [-0.39, 0.29) is 5.82 Å². The van der Waals surface area contributed by atoms with Crippen LogP contribution in [0.4, 0.5) is 10.2 Å². The fourth-order valence-electron chi connectivity index (χ4n) is 2.06. The topological polar surface area (TPSA) is 51.8 Å². The van der Waals surface area contributed by atoms with Crippen molar-refractivity contribution in [3.8, 4) is 11.4 Å². The first-order valence-corrected chi connectivity index (χ1v) is 6.66. The summed E-state index contributed by atoms with van der Waals surface area (Å²) >= 11 is 1.58. The zero-order valence-corrected chi connectivity index (χ0v) is 11.4. The van der Waals surface area contributed by atoms with Crippen LogP contribution in [-0.2, 0) is 0 Å². The number of nitrogen functional groups attached to an aromatic ring is 1. The molecule has 0 saturated carbocycles. The van der Waals surface area contributed by atoms with Crippen molar-refractivity contribution in [2.45, 2.75) is 13.8 Å². The van der Waals surface area contributed by atoms with Crippen molar-refractivity contribution in [2.24, 2.45) is 0 Å². The lowest BCUT2D eigenvalue weighted by molar-refractivity contribution is 0.627. The van der Waals surface area contributed by atoms with Crippen molar-refractivity contribution in [2.75, 3.05) is 5.73 Å². The van der Waals surface area contributed by atoms with E-state index in [2.05, 4.69) is 9.97 Å². The molecule has 0 aliphatic rings. The molecule has 2 heterocycles. The van der Waals surface area contributed by atoms with Gasteiger partial charge in [0.2, 0.25) is 0 Å². The van der Waals surface area contributed by atoms with Gasteiger partial charge >= 0.3 is 0 Å². The van der Waals surface area contributed by atoms with Crippen LogP contribution in [-0.4, -0.2) is 9.97 Å². The molecule has 19 heavy (non-hydrogen) atoms. The van der Waals surface area contributed by atoms with Gasteiger partial charge in [0, 0.05) is 10.4 Å². The zero-order valence-electron chi connectivity index (χ0n) is 10.6. The molecule has 96 valence electrons. The monoisotopic (exact) mass is 273 g/mol. The van der Waals surface area contributed by atoms with E-state index in [0.717, 1.165) is 26.2 Å². The van der Waals surface area contributed by atoms with Gasteiger partial charge in [-0.1, -0.05) is 0 Å². The van der Waals surface area contributed by atoms with Crippen molar-refractivity contribution in [1.29, 1.82) is 0 Å². The van der Waals surface area contributed by atoms with Crippen molar-refractivity contribution in [3.05, 3.63) is 40.5 Å². The Labute approximate surface area is 113 Å². The molecule has 3 aromatic rings. The van der Waals surface area contributed by atoms with Crippen LogP contribution in [0.15, 0.2) is 24.3 Å². The second kappa shape index (κ2) is 4.28. The predicted octanol–water partition coefficient (Wildman–Crippen LogP) is 3.70. The summed E-state index contributed by atoms with van der Waals surface area (Å²) in [4.78, 5) is 10.9. The molecule has 0 fully saturated rings. The third-order valence-electron chi connectivity index (χ3n) is 2.97. The Balaban J connectivity index is 2.25. The van der Waals surface area contributed by atoms with E-state index in [1.165, 1.54) is 12.1 Å². The van der Waals surface area contributed by atoms with Gasteiger partial charge < -0.3 is 5.73 Å². The highest BCUT2D eigenvalue weighted by Crippen LogP contribution is 2.30. The van der Waals surface area contributed by atoms with Gasteiger partial charge in [-0.15, -0.1) is 11.3 Å². The molecule has 5 heteroatoms. The molecular formula is C14H12FN3S. The fraction of sp³-hybridized carbons (Fsp3) is 0.143. The summed E-state index contributed by atoms with van der Waals surface area (Å²) in [5, 5.41) is 0.881. The minimum Gasteiger partial charge on any atom is -0.383 e. The number of anilines is 1. The van der Waals surface area contributed by atoms with Gasteiger partial charge in [0.1, 0.15) is 16.5 Å². The maximum Gasteiger partial charge on any atom is 0.163 e. The van der Waals surface area contributed by atoms with E-state index in [0.29, 0.717) is 11.6 Å². The number of thiophene rings is 1. The Hall–Kier alpha value is -2.01. The number of fused-ring (bicyclic) bond motifs is 1. The van der Waals surface area contributed by atoms with Crippen LogP contribution in [0.3, 0.4) is 0 Å². The predicted molar refractivity (Wildman–Crippen MR) is 76.7 cm³/mol. The average Bonchev–Trinajstić information content (AvgIpc) is 2.70. The number of hydrogen-bond donors (Lipinski definition) is 1. The summed E-state index contributed by atoms with van der Waals surface area (Å²) in [5.41, 5.74) is 7.57. The molecule has 0 aliphatic carbocycles. The molecule has 0 saturated heterocycles. The Morgan fingerprint density at radius 2 is 1.95 bits per heavy atom. The lowest BCUT2D eigenvalue weighted by atomic mass is 10.1. The summed E-state index contributed by atoms with van der Waals surface area (Å²) in [6.45, 7) is 3.84. The molecule has 0 unspecified atom stereocenters.